The summed E-state index contributed by atoms with van der Waals surface area (Å²) in [6.07, 6.45) is 7.08. The molecule has 1 saturated carbocycles. The third-order valence-corrected chi connectivity index (χ3v) is 12.0. The van der Waals surface area contributed by atoms with Crippen LogP contribution in [0.3, 0.4) is 0 Å². The van der Waals surface area contributed by atoms with Crippen molar-refractivity contribution in [1.82, 2.24) is 4.72 Å². The maximum Gasteiger partial charge on any atom is 0.292 e. The minimum atomic E-state index is -1.54. The number of methoxy groups -OCH3 is 1. The number of nitrogens with one attached hydrogen (secondary N) is 1. The number of nitrogens with zero attached hydrogens (tertiary/aromatic N) is 1. The molecule has 43 heavy (non-hydrogen) atoms. The monoisotopic (exact) mass is 628 g/mol. The molecule has 232 valence electrons. The fourth-order valence-electron chi connectivity index (χ4n) is 7.51. The summed E-state index contributed by atoms with van der Waals surface area (Å²) in [5.74, 6) is 1.01. The van der Waals surface area contributed by atoms with Crippen LogP contribution in [0.25, 0.3) is 0 Å². The summed E-state index contributed by atoms with van der Waals surface area (Å²) >= 11 is 4.74. The van der Waals surface area contributed by atoms with Crippen molar-refractivity contribution < 1.29 is 23.2 Å². The largest absolute Gasteiger partial charge is 0.593 e. The Labute approximate surface area is 262 Å². The molecule has 2 aromatic carbocycles. The lowest BCUT2D eigenvalue weighted by atomic mass is 9.64. The highest BCUT2D eigenvalue weighted by Gasteiger charge is 2.44. The Morgan fingerprint density at radius 1 is 1.21 bits per heavy atom. The van der Waals surface area contributed by atoms with Crippen molar-refractivity contribution in [2.24, 2.45) is 23.7 Å². The van der Waals surface area contributed by atoms with Gasteiger partial charge in [-0.15, -0.1) is 0 Å². The van der Waals surface area contributed by atoms with Crippen molar-refractivity contribution in [2.45, 2.75) is 70.1 Å². The van der Waals surface area contributed by atoms with E-state index in [1.54, 1.807) is 13.2 Å². The Bertz CT molecular complexity index is 1400. The van der Waals surface area contributed by atoms with E-state index in [0.29, 0.717) is 52.8 Å². The zero-order chi connectivity index (χ0) is 30.4. The van der Waals surface area contributed by atoms with Gasteiger partial charge in [0.1, 0.15) is 16.8 Å². The number of allylic oxidation sites excluding steroid dienone is 1. The van der Waals surface area contributed by atoms with E-state index in [9.17, 15) is 9.35 Å². The molecule has 5 aliphatic rings. The van der Waals surface area contributed by atoms with Crippen LogP contribution in [-0.4, -0.2) is 48.6 Å². The van der Waals surface area contributed by atoms with Crippen LogP contribution in [-0.2, 0) is 22.5 Å². The maximum absolute atomic E-state index is 15.6. The minimum absolute atomic E-state index is 0.0605. The first-order chi connectivity index (χ1) is 20.7. The molecule has 6 nitrogen and oxygen atoms in total. The highest BCUT2D eigenvalue weighted by Crippen LogP contribution is 2.48. The summed E-state index contributed by atoms with van der Waals surface area (Å²) in [5.41, 5.74) is 4.15. The van der Waals surface area contributed by atoms with Gasteiger partial charge in [0.15, 0.2) is 0 Å². The number of rotatable bonds is 4. The SMILES string of the molecule is CCCc1cc(Cl)cc(F)c1C1COc2ccc3cc2N(C1)CC1CCC1C(OC)C1=CC(C1)C(C)C(C)[S+]([O-])NC3=O. The van der Waals surface area contributed by atoms with Crippen LogP contribution in [0.2, 0.25) is 5.02 Å². The second-order valence-corrected chi connectivity index (χ2v) is 14.8. The Morgan fingerprint density at radius 3 is 2.70 bits per heavy atom. The third kappa shape index (κ3) is 5.92. The molecule has 8 atom stereocenters. The zero-order valence-electron chi connectivity index (χ0n) is 25.4. The van der Waals surface area contributed by atoms with Crippen molar-refractivity contribution in [1.29, 1.82) is 0 Å². The van der Waals surface area contributed by atoms with Gasteiger partial charge in [-0.05, 0) is 97.4 Å². The lowest BCUT2D eigenvalue weighted by molar-refractivity contribution is -0.000249. The summed E-state index contributed by atoms with van der Waals surface area (Å²) in [6.45, 7) is 7.74. The molecule has 2 aliphatic carbocycles. The first-order valence-electron chi connectivity index (χ1n) is 15.6. The molecule has 3 aliphatic heterocycles. The molecule has 3 heterocycles. The number of benzene rings is 2. The van der Waals surface area contributed by atoms with Gasteiger partial charge < -0.3 is 18.9 Å². The number of ether oxygens (including phenoxy) is 2. The summed E-state index contributed by atoms with van der Waals surface area (Å²) < 4.78 is 44.1. The van der Waals surface area contributed by atoms with Crippen molar-refractivity contribution in [2.75, 3.05) is 31.7 Å². The van der Waals surface area contributed by atoms with Gasteiger partial charge >= 0.3 is 0 Å². The van der Waals surface area contributed by atoms with Crippen molar-refractivity contribution in [3.63, 3.8) is 0 Å². The third-order valence-electron chi connectivity index (χ3n) is 10.3. The average Bonchev–Trinajstić information content (AvgIpc) is 3.11. The lowest BCUT2D eigenvalue weighted by Crippen LogP contribution is -2.47. The van der Waals surface area contributed by atoms with Gasteiger partial charge in [-0.2, -0.15) is 4.72 Å². The number of carbonyl (C=O) groups is 1. The summed E-state index contributed by atoms with van der Waals surface area (Å²) in [7, 11) is 1.80. The number of hydrogen-bond acceptors (Lipinski definition) is 5. The van der Waals surface area contributed by atoms with Crippen molar-refractivity contribution in [3.8, 4) is 5.75 Å². The van der Waals surface area contributed by atoms with E-state index in [1.807, 2.05) is 25.1 Å². The Hall–Kier alpha value is -2.26. The van der Waals surface area contributed by atoms with Crippen LogP contribution in [0.1, 0.15) is 73.9 Å². The van der Waals surface area contributed by atoms with Gasteiger partial charge in [-0.3, -0.25) is 4.79 Å². The highest BCUT2D eigenvalue weighted by atomic mass is 35.5. The zero-order valence-corrected chi connectivity index (χ0v) is 27.0. The van der Waals surface area contributed by atoms with E-state index in [-0.39, 0.29) is 34.9 Å². The van der Waals surface area contributed by atoms with Crippen LogP contribution in [0.5, 0.6) is 5.75 Å². The van der Waals surface area contributed by atoms with E-state index in [0.717, 1.165) is 49.9 Å². The van der Waals surface area contributed by atoms with Gasteiger partial charge in [0, 0.05) is 42.6 Å². The smallest absolute Gasteiger partial charge is 0.292 e. The fourth-order valence-corrected chi connectivity index (χ4v) is 8.81. The Balaban J connectivity index is 1.39. The second-order valence-electron chi connectivity index (χ2n) is 12.9. The summed E-state index contributed by atoms with van der Waals surface area (Å²) in [4.78, 5) is 15.6. The van der Waals surface area contributed by atoms with E-state index in [2.05, 4.69) is 29.5 Å². The van der Waals surface area contributed by atoms with E-state index in [1.165, 1.54) is 11.6 Å². The fraction of sp³-hybridized carbons (Fsp3) is 0.559. The van der Waals surface area contributed by atoms with Gasteiger partial charge in [0.05, 0.1) is 29.8 Å². The molecule has 2 aromatic rings. The number of aryl methyl sites for hydroxylation is 1. The van der Waals surface area contributed by atoms with Crippen molar-refractivity contribution in [3.05, 3.63) is 69.5 Å². The number of fused-ring (bicyclic) bond motifs is 4. The predicted octanol–water partition coefficient (Wildman–Crippen LogP) is 6.83. The minimum Gasteiger partial charge on any atom is -0.593 e. The van der Waals surface area contributed by atoms with Crippen molar-refractivity contribution >= 4 is 34.6 Å². The van der Waals surface area contributed by atoms with Crippen LogP contribution >= 0.6 is 11.6 Å². The van der Waals surface area contributed by atoms with Crippen LogP contribution in [0, 0.1) is 29.5 Å². The Kier molecular flexibility index (Phi) is 9.03. The van der Waals surface area contributed by atoms with Gasteiger partial charge in [0.2, 0.25) is 0 Å². The first-order valence-corrected chi connectivity index (χ1v) is 17.2. The molecular weight excluding hydrogens is 587 g/mol. The predicted molar refractivity (Wildman–Crippen MR) is 170 cm³/mol. The lowest BCUT2D eigenvalue weighted by Gasteiger charge is -2.47. The van der Waals surface area contributed by atoms with Crippen LogP contribution in [0.15, 0.2) is 42.0 Å². The summed E-state index contributed by atoms with van der Waals surface area (Å²) in [5, 5.41) is 0.199. The molecule has 7 rings (SSSR count). The average molecular weight is 629 g/mol. The maximum atomic E-state index is 15.6. The molecule has 0 spiro atoms. The molecule has 4 bridgehead atoms. The first kappa shape index (κ1) is 30.8. The molecule has 9 heteroatoms. The number of halogens is 2. The normalized spacial score (nSPS) is 32.3. The molecule has 0 radical (unpaired) electrons. The number of carbonyl (C=O) groups excluding carboxylic acids is 1. The Morgan fingerprint density at radius 2 is 2.00 bits per heavy atom. The molecule has 0 aromatic heterocycles. The molecule has 1 N–H and O–H groups in total. The van der Waals surface area contributed by atoms with E-state index in [4.69, 9.17) is 21.1 Å². The molecule has 1 amide bonds. The van der Waals surface area contributed by atoms with Gasteiger partial charge in [-0.25, -0.2) is 4.39 Å². The molecular formula is C34H42ClFN2O4S. The van der Waals surface area contributed by atoms with Crippen LogP contribution < -0.4 is 14.4 Å². The van der Waals surface area contributed by atoms with Gasteiger partial charge in [0.25, 0.3) is 5.91 Å². The highest BCUT2D eigenvalue weighted by molar-refractivity contribution is 7.90. The number of anilines is 1. The molecule has 0 saturated heterocycles. The number of hydrogen-bond donors (Lipinski definition) is 1. The standard InChI is InChI=1S/C34H42ClFN2O4S/c1-5-6-21-13-27(35)15-29(36)32(21)26-17-38-16-23-7-9-28(23)33(41-4)25-11-24(12-25)19(2)20(3)43(40)37-34(39)22-8-10-31(42-18-26)30(38)14-22/h8,10-11,13-15,19-20,23-24,26,28,33H,5-7,9,12,16-18H2,1-4H3,(H,37,39). The number of amides is 1. The summed E-state index contributed by atoms with van der Waals surface area (Å²) in [6, 6.07) is 8.67. The quantitative estimate of drug-likeness (QED) is 0.297. The second kappa shape index (κ2) is 12.6. The molecule has 8 unspecified atom stereocenters. The van der Waals surface area contributed by atoms with E-state index < -0.39 is 11.4 Å². The molecule has 1 fully saturated rings. The van der Waals surface area contributed by atoms with E-state index >= 15 is 4.39 Å². The van der Waals surface area contributed by atoms with Gasteiger partial charge in [-0.1, -0.05) is 37.9 Å². The topological polar surface area (TPSA) is 73.9 Å². The van der Waals surface area contributed by atoms with Crippen LogP contribution in [0.4, 0.5) is 10.1 Å².